The van der Waals surface area contributed by atoms with Crippen molar-refractivity contribution in [1.82, 2.24) is 10.2 Å². The van der Waals surface area contributed by atoms with Crippen LogP contribution in [0.25, 0.3) is 0 Å². The summed E-state index contributed by atoms with van der Waals surface area (Å²) in [5.74, 6) is 0. The van der Waals surface area contributed by atoms with Crippen LogP contribution in [0.1, 0.15) is 33.1 Å². The molecule has 1 saturated carbocycles. The molecule has 82 valence electrons. The van der Waals surface area contributed by atoms with Crippen molar-refractivity contribution in [2.75, 3.05) is 13.6 Å². The van der Waals surface area contributed by atoms with Gasteiger partial charge in [-0.1, -0.05) is 0 Å². The molecule has 0 aromatic rings. The van der Waals surface area contributed by atoms with Crippen LogP contribution in [-0.4, -0.2) is 41.3 Å². The third kappa shape index (κ3) is 3.54. The average Bonchev–Trinajstić information content (AvgIpc) is 1.92. The molecular weight excluding hydrogens is 180 g/mol. The number of amides is 2. The Balaban J connectivity index is 2.28. The van der Waals surface area contributed by atoms with Crippen molar-refractivity contribution in [3.63, 3.8) is 0 Å². The Kier molecular flexibility index (Phi) is 3.37. The molecule has 14 heavy (non-hydrogen) atoms. The molecule has 4 heteroatoms. The van der Waals surface area contributed by atoms with E-state index in [0.717, 1.165) is 12.8 Å². The predicted molar refractivity (Wildman–Crippen MR) is 55.1 cm³/mol. The highest BCUT2D eigenvalue weighted by Gasteiger charge is 2.23. The minimum atomic E-state index is -0.828. The van der Waals surface area contributed by atoms with Crippen molar-refractivity contribution in [2.45, 2.75) is 44.8 Å². The molecule has 2 N–H and O–H groups in total. The zero-order valence-corrected chi connectivity index (χ0v) is 9.21. The van der Waals surface area contributed by atoms with Gasteiger partial charge < -0.3 is 15.3 Å². The number of rotatable bonds is 3. The van der Waals surface area contributed by atoms with Gasteiger partial charge in [-0.05, 0) is 33.1 Å². The Bertz CT molecular complexity index is 207. The van der Waals surface area contributed by atoms with Crippen molar-refractivity contribution in [1.29, 1.82) is 0 Å². The van der Waals surface area contributed by atoms with E-state index in [4.69, 9.17) is 0 Å². The number of nitrogens with zero attached hydrogens (tertiary/aromatic N) is 1. The molecule has 1 fully saturated rings. The number of urea groups is 1. The Morgan fingerprint density at radius 1 is 1.57 bits per heavy atom. The largest absolute Gasteiger partial charge is 0.389 e. The second-order valence-corrected chi connectivity index (χ2v) is 4.75. The van der Waals surface area contributed by atoms with Crippen molar-refractivity contribution >= 4 is 6.03 Å². The summed E-state index contributed by atoms with van der Waals surface area (Å²) in [4.78, 5) is 13.1. The zero-order chi connectivity index (χ0) is 10.8. The Morgan fingerprint density at radius 3 is 2.50 bits per heavy atom. The van der Waals surface area contributed by atoms with Gasteiger partial charge in [0.2, 0.25) is 0 Å². The van der Waals surface area contributed by atoms with Gasteiger partial charge in [0.05, 0.1) is 12.1 Å². The molecule has 0 aromatic carbocycles. The predicted octanol–water partition coefficient (Wildman–Crippen LogP) is 0.951. The Hall–Kier alpha value is -0.770. The molecule has 0 aliphatic heterocycles. The van der Waals surface area contributed by atoms with Crippen LogP contribution in [0.5, 0.6) is 0 Å². The molecule has 1 aliphatic rings. The third-order valence-corrected chi connectivity index (χ3v) is 2.40. The van der Waals surface area contributed by atoms with Gasteiger partial charge in [-0.3, -0.25) is 0 Å². The lowest BCUT2D eigenvalue weighted by Gasteiger charge is -2.31. The SMILES string of the molecule is CN(CC(C)(C)O)C(=O)NC1CCC1. The van der Waals surface area contributed by atoms with Crippen LogP contribution >= 0.6 is 0 Å². The zero-order valence-electron chi connectivity index (χ0n) is 9.21. The maximum atomic E-state index is 11.5. The van der Waals surface area contributed by atoms with E-state index in [2.05, 4.69) is 5.32 Å². The highest BCUT2D eigenvalue weighted by atomic mass is 16.3. The van der Waals surface area contributed by atoms with E-state index in [1.165, 1.54) is 11.3 Å². The summed E-state index contributed by atoms with van der Waals surface area (Å²) < 4.78 is 0. The van der Waals surface area contributed by atoms with Crippen molar-refractivity contribution < 1.29 is 9.90 Å². The summed E-state index contributed by atoms with van der Waals surface area (Å²) in [6.07, 6.45) is 3.38. The maximum Gasteiger partial charge on any atom is 0.317 e. The first kappa shape index (κ1) is 11.3. The number of nitrogens with one attached hydrogen (secondary N) is 1. The molecule has 0 spiro atoms. The van der Waals surface area contributed by atoms with Crippen LogP contribution in [0.2, 0.25) is 0 Å². The lowest BCUT2D eigenvalue weighted by Crippen LogP contribution is -2.49. The number of hydrogen-bond donors (Lipinski definition) is 2. The molecule has 1 aliphatic carbocycles. The normalized spacial score (nSPS) is 17.4. The fraction of sp³-hybridized carbons (Fsp3) is 0.900. The maximum absolute atomic E-state index is 11.5. The van der Waals surface area contributed by atoms with Crippen LogP contribution in [0.3, 0.4) is 0 Å². The van der Waals surface area contributed by atoms with Crippen LogP contribution < -0.4 is 5.32 Å². The van der Waals surface area contributed by atoms with Gasteiger partial charge >= 0.3 is 6.03 Å². The van der Waals surface area contributed by atoms with Crippen molar-refractivity contribution in [3.8, 4) is 0 Å². The molecule has 2 amide bonds. The topological polar surface area (TPSA) is 52.6 Å². The van der Waals surface area contributed by atoms with Crippen LogP contribution in [-0.2, 0) is 0 Å². The average molecular weight is 200 g/mol. The first-order chi connectivity index (χ1) is 6.38. The fourth-order valence-electron chi connectivity index (χ4n) is 1.49. The first-order valence-corrected chi connectivity index (χ1v) is 5.12. The standard InChI is InChI=1S/C10H20N2O2/c1-10(2,14)7-12(3)9(13)11-8-5-4-6-8/h8,14H,4-7H2,1-3H3,(H,11,13). The summed E-state index contributed by atoms with van der Waals surface area (Å²) in [5, 5.41) is 12.4. The highest BCUT2D eigenvalue weighted by molar-refractivity contribution is 5.74. The van der Waals surface area contributed by atoms with E-state index in [1.807, 2.05) is 0 Å². The van der Waals surface area contributed by atoms with E-state index < -0.39 is 5.60 Å². The molecule has 4 nitrogen and oxygen atoms in total. The molecule has 0 heterocycles. The third-order valence-electron chi connectivity index (χ3n) is 2.40. The van der Waals surface area contributed by atoms with Gasteiger partial charge in [0, 0.05) is 13.1 Å². The van der Waals surface area contributed by atoms with Gasteiger partial charge in [0.25, 0.3) is 0 Å². The van der Waals surface area contributed by atoms with Gasteiger partial charge in [-0.15, -0.1) is 0 Å². The monoisotopic (exact) mass is 200 g/mol. The molecule has 0 bridgehead atoms. The van der Waals surface area contributed by atoms with Crippen LogP contribution in [0.4, 0.5) is 4.79 Å². The van der Waals surface area contributed by atoms with Gasteiger partial charge in [0.1, 0.15) is 0 Å². The Labute approximate surface area is 85.3 Å². The number of hydrogen-bond acceptors (Lipinski definition) is 2. The summed E-state index contributed by atoms with van der Waals surface area (Å²) in [7, 11) is 1.70. The number of carbonyl (C=O) groups is 1. The molecular formula is C10H20N2O2. The second-order valence-electron chi connectivity index (χ2n) is 4.75. The van der Waals surface area contributed by atoms with Crippen LogP contribution in [0.15, 0.2) is 0 Å². The lowest BCUT2D eigenvalue weighted by atomic mass is 9.93. The van der Waals surface area contributed by atoms with Gasteiger partial charge in [0.15, 0.2) is 0 Å². The first-order valence-electron chi connectivity index (χ1n) is 5.12. The summed E-state index contributed by atoms with van der Waals surface area (Å²) in [5.41, 5.74) is -0.828. The summed E-state index contributed by atoms with van der Waals surface area (Å²) in [6.45, 7) is 3.74. The summed E-state index contributed by atoms with van der Waals surface area (Å²) >= 11 is 0. The fourth-order valence-corrected chi connectivity index (χ4v) is 1.49. The van der Waals surface area contributed by atoms with E-state index in [-0.39, 0.29) is 6.03 Å². The molecule has 0 aromatic heterocycles. The van der Waals surface area contributed by atoms with Crippen molar-refractivity contribution in [2.24, 2.45) is 0 Å². The molecule has 1 rings (SSSR count). The van der Waals surface area contributed by atoms with E-state index in [0.29, 0.717) is 12.6 Å². The number of likely N-dealkylation sites (N-methyl/N-ethyl adjacent to an activating group) is 1. The van der Waals surface area contributed by atoms with Gasteiger partial charge in [-0.2, -0.15) is 0 Å². The van der Waals surface area contributed by atoms with Crippen LogP contribution in [0, 0.1) is 0 Å². The molecule has 0 saturated heterocycles. The molecule has 0 radical (unpaired) electrons. The van der Waals surface area contributed by atoms with E-state index >= 15 is 0 Å². The minimum absolute atomic E-state index is 0.0863. The second kappa shape index (κ2) is 4.17. The van der Waals surface area contributed by atoms with E-state index in [9.17, 15) is 9.90 Å². The van der Waals surface area contributed by atoms with E-state index in [1.54, 1.807) is 20.9 Å². The lowest BCUT2D eigenvalue weighted by molar-refractivity contribution is 0.0523. The smallest absolute Gasteiger partial charge is 0.317 e. The Morgan fingerprint density at radius 2 is 2.14 bits per heavy atom. The summed E-state index contributed by atoms with van der Waals surface area (Å²) in [6, 6.07) is 0.267. The number of aliphatic hydroxyl groups is 1. The highest BCUT2D eigenvalue weighted by Crippen LogP contribution is 2.18. The number of carbonyl (C=O) groups excluding carboxylic acids is 1. The molecule has 0 unspecified atom stereocenters. The quantitative estimate of drug-likeness (QED) is 0.712. The van der Waals surface area contributed by atoms with Crippen molar-refractivity contribution in [3.05, 3.63) is 0 Å². The van der Waals surface area contributed by atoms with Gasteiger partial charge in [-0.25, -0.2) is 4.79 Å². The molecule has 0 atom stereocenters. The minimum Gasteiger partial charge on any atom is -0.389 e.